The Balaban J connectivity index is 2.13. The van der Waals surface area contributed by atoms with Crippen molar-refractivity contribution in [3.63, 3.8) is 0 Å². The quantitative estimate of drug-likeness (QED) is 0.500. The van der Waals surface area contributed by atoms with Crippen LogP contribution in [0.4, 0.5) is 0 Å². The molecule has 0 saturated carbocycles. The maximum Gasteiger partial charge on any atom is 0.307 e. The van der Waals surface area contributed by atoms with Crippen LogP contribution in [0.3, 0.4) is 0 Å². The van der Waals surface area contributed by atoms with Gasteiger partial charge in [0.1, 0.15) is 5.60 Å². The molecule has 2 atom stereocenters. The van der Waals surface area contributed by atoms with E-state index in [1.54, 1.807) is 6.92 Å². The Labute approximate surface area is 96.1 Å². The third kappa shape index (κ3) is 3.73. The zero-order valence-electron chi connectivity index (χ0n) is 9.99. The lowest BCUT2D eigenvalue weighted by molar-refractivity contribution is -0.143. The van der Waals surface area contributed by atoms with Crippen LogP contribution in [0.5, 0.6) is 0 Å². The fourth-order valence-corrected chi connectivity index (χ4v) is 1.73. The van der Waals surface area contributed by atoms with Gasteiger partial charge in [-0.2, -0.15) is 0 Å². The van der Waals surface area contributed by atoms with Crippen molar-refractivity contribution in [2.45, 2.75) is 38.4 Å². The molecule has 94 valence electrons. The summed E-state index contributed by atoms with van der Waals surface area (Å²) in [4.78, 5) is 11.0. The Morgan fingerprint density at radius 1 is 1.69 bits per heavy atom. The second-order valence-electron chi connectivity index (χ2n) is 4.10. The number of rotatable bonds is 6. The SMILES string of the molecule is CCOC(=O)CCNCC1(O)CCOC1C. The smallest absolute Gasteiger partial charge is 0.307 e. The minimum atomic E-state index is -0.797. The number of carbonyl (C=O) groups excluding carboxylic acids is 1. The predicted octanol–water partition coefficient (Wildman–Crippen LogP) is 0.0691. The van der Waals surface area contributed by atoms with E-state index in [1.165, 1.54) is 0 Å². The third-order valence-electron chi connectivity index (χ3n) is 2.90. The number of carbonyl (C=O) groups is 1. The average molecular weight is 231 g/mol. The second kappa shape index (κ2) is 6.18. The molecule has 0 spiro atoms. The molecule has 0 amide bonds. The predicted molar refractivity (Wildman–Crippen MR) is 59.1 cm³/mol. The zero-order valence-corrected chi connectivity index (χ0v) is 9.99. The van der Waals surface area contributed by atoms with E-state index in [-0.39, 0.29) is 12.1 Å². The van der Waals surface area contributed by atoms with E-state index in [4.69, 9.17) is 9.47 Å². The molecule has 1 aliphatic rings. The van der Waals surface area contributed by atoms with Crippen molar-refractivity contribution in [1.82, 2.24) is 5.32 Å². The van der Waals surface area contributed by atoms with Crippen LogP contribution < -0.4 is 5.32 Å². The van der Waals surface area contributed by atoms with Gasteiger partial charge in [-0.25, -0.2) is 0 Å². The Morgan fingerprint density at radius 3 is 3.00 bits per heavy atom. The molecule has 5 nitrogen and oxygen atoms in total. The van der Waals surface area contributed by atoms with E-state index in [2.05, 4.69) is 5.32 Å². The van der Waals surface area contributed by atoms with Gasteiger partial charge in [-0.3, -0.25) is 4.79 Å². The molecule has 0 bridgehead atoms. The molecule has 5 heteroatoms. The highest BCUT2D eigenvalue weighted by atomic mass is 16.5. The molecule has 0 aromatic heterocycles. The summed E-state index contributed by atoms with van der Waals surface area (Å²) in [6.45, 7) is 5.62. The number of hydrogen-bond acceptors (Lipinski definition) is 5. The van der Waals surface area contributed by atoms with Gasteiger partial charge in [0.2, 0.25) is 0 Å². The summed E-state index contributed by atoms with van der Waals surface area (Å²) in [6, 6.07) is 0. The van der Waals surface area contributed by atoms with Gasteiger partial charge >= 0.3 is 5.97 Å². The van der Waals surface area contributed by atoms with Crippen LogP contribution in [0.2, 0.25) is 0 Å². The zero-order chi connectivity index (χ0) is 12.0. The van der Waals surface area contributed by atoms with Gasteiger partial charge in [0, 0.05) is 26.1 Å². The topological polar surface area (TPSA) is 67.8 Å². The maximum absolute atomic E-state index is 11.0. The van der Waals surface area contributed by atoms with Crippen LogP contribution in [-0.4, -0.2) is 49.1 Å². The summed E-state index contributed by atoms with van der Waals surface area (Å²) >= 11 is 0. The first-order valence-electron chi connectivity index (χ1n) is 5.79. The molecule has 2 N–H and O–H groups in total. The summed E-state index contributed by atoms with van der Waals surface area (Å²) in [7, 11) is 0. The van der Waals surface area contributed by atoms with E-state index in [0.717, 1.165) is 0 Å². The highest BCUT2D eigenvalue weighted by Gasteiger charge is 2.38. The molecule has 1 saturated heterocycles. The van der Waals surface area contributed by atoms with Crippen molar-refractivity contribution in [2.24, 2.45) is 0 Å². The Kier molecular flexibility index (Phi) is 5.18. The largest absolute Gasteiger partial charge is 0.466 e. The molecule has 1 aliphatic heterocycles. The van der Waals surface area contributed by atoms with Crippen LogP contribution in [0.1, 0.15) is 26.7 Å². The first kappa shape index (κ1) is 13.4. The van der Waals surface area contributed by atoms with E-state index in [1.807, 2.05) is 6.92 Å². The molecule has 1 fully saturated rings. The molecule has 2 unspecified atom stereocenters. The lowest BCUT2D eigenvalue weighted by Crippen LogP contribution is -2.46. The normalized spacial score (nSPS) is 29.3. The lowest BCUT2D eigenvalue weighted by Gasteiger charge is -2.26. The monoisotopic (exact) mass is 231 g/mol. The first-order valence-corrected chi connectivity index (χ1v) is 5.79. The number of esters is 1. The van der Waals surface area contributed by atoms with E-state index >= 15 is 0 Å². The summed E-state index contributed by atoms with van der Waals surface area (Å²) < 4.78 is 10.1. The van der Waals surface area contributed by atoms with Crippen molar-refractivity contribution >= 4 is 5.97 Å². The van der Waals surface area contributed by atoms with Gasteiger partial charge in [-0.15, -0.1) is 0 Å². The fourth-order valence-electron chi connectivity index (χ4n) is 1.73. The molecule has 0 aromatic rings. The standard InChI is InChI=1S/C11H21NO4/c1-3-15-10(13)4-6-12-8-11(14)5-7-16-9(11)2/h9,12,14H,3-8H2,1-2H3. The average Bonchev–Trinajstić information content (AvgIpc) is 2.55. The van der Waals surface area contributed by atoms with Crippen LogP contribution in [0.25, 0.3) is 0 Å². The molecule has 1 rings (SSSR count). The van der Waals surface area contributed by atoms with Crippen molar-refractivity contribution in [2.75, 3.05) is 26.3 Å². The number of ether oxygens (including phenoxy) is 2. The van der Waals surface area contributed by atoms with Crippen LogP contribution in [-0.2, 0) is 14.3 Å². The maximum atomic E-state index is 11.0. The van der Waals surface area contributed by atoms with E-state index in [0.29, 0.717) is 39.1 Å². The van der Waals surface area contributed by atoms with Crippen molar-refractivity contribution < 1.29 is 19.4 Å². The highest BCUT2D eigenvalue weighted by molar-refractivity contribution is 5.69. The van der Waals surface area contributed by atoms with Gasteiger partial charge in [-0.1, -0.05) is 0 Å². The van der Waals surface area contributed by atoms with Gasteiger partial charge < -0.3 is 19.9 Å². The molecule has 0 aliphatic carbocycles. The highest BCUT2D eigenvalue weighted by Crippen LogP contribution is 2.24. The Hall–Kier alpha value is -0.650. The first-order chi connectivity index (χ1) is 7.58. The van der Waals surface area contributed by atoms with Gasteiger partial charge in [-0.05, 0) is 13.8 Å². The van der Waals surface area contributed by atoms with Gasteiger partial charge in [0.05, 0.1) is 19.1 Å². The number of nitrogens with one attached hydrogen (secondary N) is 1. The second-order valence-corrected chi connectivity index (χ2v) is 4.10. The molecule has 16 heavy (non-hydrogen) atoms. The molecule has 1 heterocycles. The summed E-state index contributed by atoms with van der Waals surface area (Å²) in [6.07, 6.45) is 0.822. The third-order valence-corrected chi connectivity index (χ3v) is 2.90. The minimum absolute atomic E-state index is 0.150. The summed E-state index contributed by atoms with van der Waals surface area (Å²) in [5.74, 6) is -0.210. The van der Waals surface area contributed by atoms with Crippen molar-refractivity contribution in [3.8, 4) is 0 Å². The van der Waals surface area contributed by atoms with Crippen LogP contribution in [0.15, 0.2) is 0 Å². The van der Waals surface area contributed by atoms with Gasteiger partial charge in [0.15, 0.2) is 0 Å². The van der Waals surface area contributed by atoms with E-state index in [9.17, 15) is 9.90 Å². The lowest BCUT2D eigenvalue weighted by atomic mass is 9.97. The molecular weight excluding hydrogens is 210 g/mol. The molecular formula is C11H21NO4. The number of aliphatic hydroxyl groups is 1. The molecule has 0 aromatic carbocycles. The van der Waals surface area contributed by atoms with Crippen LogP contribution >= 0.6 is 0 Å². The van der Waals surface area contributed by atoms with Crippen LogP contribution in [0, 0.1) is 0 Å². The Morgan fingerprint density at radius 2 is 2.44 bits per heavy atom. The van der Waals surface area contributed by atoms with E-state index < -0.39 is 5.60 Å². The Bertz CT molecular complexity index is 234. The molecule has 0 radical (unpaired) electrons. The summed E-state index contributed by atoms with van der Waals surface area (Å²) in [5, 5.41) is 13.2. The van der Waals surface area contributed by atoms with Crippen molar-refractivity contribution in [3.05, 3.63) is 0 Å². The van der Waals surface area contributed by atoms with Crippen molar-refractivity contribution in [1.29, 1.82) is 0 Å². The van der Waals surface area contributed by atoms with Gasteiger partial charge in [0.25, 0.3) is 0 Å². The summed E-state index contributed by atoms with van der Waals surface area (Å²) in [5.41, 5.74) is -0.797. The minimum Gasteiger partial charge on any atom is -0.466 e. The number of hydrogen-bond donors (Lipinski definition) is 2. The fraction of sp³-hybridized carbons (Fsp3) is 0.909.